The van der Waals surface area contributed by atoms with Gasteiger partial charge in [-0.15, -0.1) is 0 Å². The summed E-state index contributed by atoms with van der Waals surface area (Å²) >= 11 is 0. The van der Waals surface area contributed by atoms with Crippen LogP contribution in [-0.2, 0) is 11.3 Å². The molecule has 1 aromatic heterocycles. The number of Topliss-reactive ketones (excluding diaryl/α,β-unsaturated/α-hetero) is 1. The largest absolute Gasteiger partial charge is 0.505 e. The maximum atomic E-state index is 13.9. The first kappa shape index (κ1) is 21.5. The summed E-state index contributed by atoms with van der Waals surface area (Å²) in [6, 6.07) is 11.4. The highest BCUT2D eigenvalue weighted by Gasteiger charge is 2.73. The highest BCUT2D eigenvalue weighted by Crippen LogP contribution is 2.59. The van der Waals surface area contributed by atoms with E-state index in [2.05, 4.69) is 10.3 Å². The number of hydrogen-bond acceptors (Lipinski definition) is 8. The Morgan fingerprint density at radius 1 is 1.18 bits per heavy atom. The Labute approximate surface area is 193 Å². The van der Waals surface area contributed by atoms with Crippen molar-refractivity contribution in [1.82, 2.24) is 10.3 Å². The molecular formula is C24H19N3O7. The van der Waals surface area contributed by atoms with E-state index < -0.39 is 39.4 Å². The molecule has 172 valence electrons. The van der Waals surface area contributed by atoms with Crippen molar-refractivity contribution < 1.29 is 29.5 Å². The van der Waals surface area contributed by atoms with Gasteiger partial charge in [0.15, 0.2) is 5.69 Å². The van der Waals surface area contributed by atoms with Crippen LogP contribution in [0.25, 0.3) is 0 Å². The standard InChI is InChI=1S/C24H19N3O7/c1-12(2)13-8-9-14-18(11-13)34-24(31)15-5-3-6-16(27(32)33)19(15)21(29)23(14,24)26-22(30)20-17(28)7-4-10-25-20/h3-12,28,31H,1-2H3,(H,26,30). The van der Waals surface area contributed by atoms with Crippen molar-refractivity contribution in [2.24, 2.45) is 0 Å². The molecule has 0 spiro atoms. The molecule has 2 unspecified atom stereocenters. The van der Waals surface area contributed by atoms with Gasteiger partial charge >= 0.3 is 0 Å². The Kier molecular flexibility index (Phi) is 4.49. The number of nitro groups is 1. The Morgan fingerprint density at radius 2 is 1.94 bits per heavy atom. The smallest absolute Gasteiger partial charge is 0.280 e. The van der Waals surface area contributed by atoms with Crippen LogP contribution in [0, 0.1) is 10.1 Å². The molecule has 5 rings (SSSR count). The number of aromatic nitrogens is 1. The fourth-order valence-electron chi connectivity index (χ4n) is 4.65. The normalized spacial score (nSPS) is 22.1. The van der Waals surface area contributed by atoms with E-state index in [4.69, 9.17) is 4.74 Å². The minimum absolute atomic E-state index is 0.101. The minimum Gasteiger partial charge on any atom is -0.505 e. The number of pyridine rings is 1. The molecule has 3 aromatic rings. The van der Waals surface area contributed by atoms with Gasteiger partial charge in [0.2, 0.25) is 11.3 Å². The molecule has 2 atom stereocenters. The number of hydrogen-bond donors (Lipinski definition) is 3. The van der Waals surface area contributed by atoms with Crippen molar-refractivity contribution in [3.05, 3.63) is 92.8 Å². The maximum Gasteiger partial charge on any atom is 0.280 e. The molecule has 1 aliphatic carbocycles. The summed E-state index contributed by atoms with van der Waals surface area (Å²) in [7, 11) is 0. The number of aromatic hydroxyl groups is 1. The van der Waals surface area contributed by atoms with Gasteiger partial charge in [0.1, 0.15) is 17.1 Å². The van der Waals surface area contributed by atoms with Crippen molar-refractivity contribution in [2.75, 3.05) is 0 Å². The number of carbonyl (C=O) groups is 2. The summed E-state index contributed by atoms with van der Waals surface area (Å²) < 4.78 is 5.93. The lowest BCUT2D eigenvalue weighted by molar-refractivity contribution is -0.385. The van der Waals surface area contributed by atoms with Crippen LogP contribution < -0.4 is 10.1 Å². The molecule has 0 saturated carbocycles. The fourth-order valence-corrected chi connectivity index (χ4v) is 4.65. The topological polar surface area (TPSA) is 152 Å². The Bertz CT molecular complexity index is 1400. The van der Waals surface area contributed by atoms with Crippen LogP contribution in [0.15, 0.2) is 54.7 Å². The van der Waals surface area contributed by atoms with Gasteiger partial charge in [-0.3, -0.25) is 19.7 Å². The van der Waals surface area contributed by atoms with Gasteiger partial charge in [0.25, 0.3) is 17.4 Å². The number of carbonyl (C=O) groups excluding carboxylic acids is 2. The quantitative estimate of drug-likeness (QED) is 0.396. The van der Waals surface area contributed by atoms with Crippen LogP contribution in [0.3, 0.4) is 0 Å². The summed E-state index contributed by atoms with van der Waals surface area (Å²) in [4.78, 5) is 42.0. The van der Waals surface area contributed by atoms with Gasteiger partial charge in [0.05, 0.1) is 4.92 Å². The monoisotopic (exact) mass is 461 g/mol. The minimum atomic E-state index is -2.47. The Morgan fingerprint density at radius 3 is 2.62 bits per heavy atom. The summed E-state index contributed by atoms with van der Waals surface area (Å²) in [6.07, 6.45) is 1.28. The van der Waals surface area contributed by atoms with Crippen molar-refractivity contribution in [1.29, 1.82) is 0 Å². The molecule has 10 nitrogen and oxygen atoms in total. The molecule has 10 heteroatoms. The third kappa shape index (κ3) is 2.62. The van der Waals surface area contributed by atoms with Crippen LogP contribution in [0.2, 0.25) is 0 Å². The molecule has 0 saturated heterocycles. The van der Waals surface area contributed by atoms with E-state index in [0.717, 1.165) is 11.6 Å². The number of benzene rings is 2. The first-order valence-electron chi connectivity index (χ1n) is 10.5. The number of fused-ring (bicyclic) bond motifs is 5. The number of amides is 1. The van der Waals surface area contributed by atoms with Gasteiger partial charge < -0.3 is 20.3 Å². The van der Waals surface area contributed by atoms with E-state index in [1.54, 1.807) is 18.2 Å². The third-order valence-corrected chi connectivity index (χ3v) is 6.32. The van der Waals surface area contributed by atoms with Crippen LogP contribution in [0.1, 0.15) is 57.3 Å². The van der Waals surface area contributed by atoms with Gasteiger partial charge in [-0.2, -0.15) is 0 Å². The number of nitrogens with zero attached hydrogens (tertiary/aromatic N) is 2. The number of nitrogens with one attached hydrogen (secondary N) is 1. The fraction of sp³-hybridized carbons (Fsp3) is 0.208. The Hall–Kier alpha value is -4.31. The third-order valence-electron chi connectivity index (χ3n) is 6.32. The van der Waals surface area contributed by atoms with Gasteiger partial charge in [-0.05, 0) is 29.7 Å². The number of rotatable bonds is 4. The zero-order valence-electron chi connectivity index (χ0n) is 18.1. The lowest BCUT2D eigenvalue weighted by Gasteiger charge is -2.34. The number of ketones is 1. The molecule has 2 heterocycles. The number of ether oxygens (including phenoxy) is 1. The molecule has 0 fully saturated rings. The molecule has 34 heavy (non-hydrogen) atoms. The second-order valence-corrected chi connectivity index (χ2v) is 8.52. The van der Waals surface area contributed by atoms with Crippen molar-refractivity contribution in [3.8, 4) is 11.5 Å². The van der Waals surface area contributed by atoms with E-state index in [-0.39, 0.29) is 34.1 Å². The average molecular weight is 461 g/mol. The van der Waals surface area contributed by atoms with Crippen molar-refractivity contribution >= 4 is 17.4 Å². The van der Waals surface area contributed by atoms with Crippen LogP contribution in [0.5, 0.6) is 11.5 Å². The van der Waals surface area contributed by atoms with E-state index in [9.17, 15) is 29.9 Å². The SMILES string of the molecule is CC(C)c1ccc2c(c1)OC1(O)c3cccc([N+](=O)[O-])c3C(=O)C21NC(=O)c1ncccc1O. The highest BCUT2D eigenvalue weighted by atomic mass is 16.6. The van der Waals surface area contributed by atoms with Crippen LogP contribution >= 0.6 is 0 Å². The summed E-state index contributed by atoms with van der Waals surface area (Å²) in [5, 5.41) is 36.2. The molecule has 1 amide bonds. The molecule has 0 radical (unpaired) electrons. The van der Waals surface area contributed by atoms with Crippen LogP contribution in [0.4, 0.5) is 5.69 Å². The zero-order valence-corrected chi connectivity index (χ0v) is 18.1. The van der Waals surface area contributed by atoms with E-state index in [0.29, 0.717) is 0 Å². The molecule has 2 aliphatic rings. The molecular weight excluding hydrogens is 442 g/mol. The van der Waals surface area contributed by atoms with Crippen molar-refractivity contribution in [3.63, 3.8) is 0 Å². The predicted molar refractivity (Wildman–Crippen MR) is 118 cm³/mol. The second kappa shape index (κ2) is 7.09. The first-order valence-corrected chi connectivity index (χ1v) is 10.5. The first-order chi connectivity index (χ1) is 16.1. The zero-order chi connectivity index (χ0) is 24.4. The van der Waals surface area contributed by atoms with Gasteiger partial charge in [-0.25, -0.2) is 4.98 Å². The summed E-state index contributed by atoms with van der Waals surface area (Å²) in [5.41, 5.74) is -2.66. The average Bonchev–Trinajstić information content (AvgIpc) is 3.16. The summed E-state index contributed by atoms with van der Waals surface area (Å²) in [6.45, 7) is 3.91. The van der Waals surface area contributed by atoms with E-state index in [1.807, 2.05) is 13.8 Å². The lowest BCUT2D eigenvalue weighted by atomic mass is 9.82. The van der Waals surface area contributed by atoms with E-state index in [1.165, 1.54) is 30.5 Å². The Balaban J connectivity index is 1.77. The predicted octanol–water partition coefficient (Wildman–Crippen LogP) is 2.88. The molecule has 3 N–H and O–H groups in total. The molecule has 1 aliphatic heterocycles. The number of nitro benzene ring substituents is 1. The summed E-state index contributed by atoms with van der Waals surface area (Å²) in [5.74, 6) is -4.53. The van der Waals surface area contributed by atoms with Gasteiger partial charge in [0, 0.05) is 23.4 Å². The van der Waals surface area contributed by atoms with Gasteiger partial charge in [-0.1, -0.05) is 38.1 Å². The number of aliphatic hydroxyl groups is 1. The lowest BCUT2D eigenvalue weighted by Crippen LogP contribution is -2.60. The van der Waals surface area contributed by atoms with Crippen molar-refractivity contribution in [2.45, 2.75) is 31.1 Å². The van der Waals surface area contributed by atoms with Crippen LogP contribution in [-0.4, -0.2) is 31.8 Å². The second-order valence-electron chi connectivity index (χ2n) is 8.52. The maximum absolute atomic E-state index is 13.9. The molecule has 0 bridgehead atoms. The highest BCUT2D eigenvalue weighted by molar-refractivity contribution is 6.15. The van der Waals surface area contributed by atoms with E-state index >= 15 is 0 Å². The molecule has 2 aromatic carbocycles.